The second-order valence-corrected chi connectivity index (χ2v) is 4.57. The van der Waals surface area contributed by atoms with E-state index in [9.17, 15) is 0 Å². The highest BCUT2D eigenvalue weighted by atomic mass is 16.5. The van der Waals surface area contributed by atoms with Crippen LogP contribution in [0.4, 0.5) is 0 Å². The van der Waals surface area contributed by atoms with E-state index in [1.807, 2.05) is 30.3 Å². The van der Waals surface area contributed by atoms with Crippen LogP contribution in [0.5, 0.6) is 5.75 Å². The van der Waals surface area contributed by atoms with Gasteiger partial charge in [-0.1, -0.05) is 43.3 Å². The topological polar surface area (TPSA) is 9.23 Å². The summed E-state index contributed by atoms with van der Waals surface area (Å²) in [5, 5.41) is 0. The highest BCUT2D eigenvalue weighted by molar-refractivity contribution is 5.31. The summed E-state index contributed by atoms with van der Waals surface area (Å²) >= 11 is 0. The molecule has 0 fully saturated rings. The summed E-state index contributed by atoms with van der Waals surface area (Å²) in [4.78, 5) is 0. The van der Waals surface area contributed by atoms with Crippen LogP contribution in [0.1, 0.15) is 31.4 Å². The smallest absolute Gasteiger partial charge is 0.119 e. The van der Waals surface area contributed by atoms with Crippen molar-refractivity contribution in [2.45, 2.75) is 32.8 Å². The third kappa shape index (κ3) is 3.63. The molecule has 0 aliphatic carbocycles. The number of benzene rings is 2. The first-order valence-electron chi connectivity index (χ1n) is 6.48. The van der Waals surface area contributed by atoms with E-state index in [1.165, 1.54) is 11.1 Å². The summed E-state index contributed by atoms with van der Waals surface area (Å²) in [5.74, 6) is 0.952. The van der Waals surface area contributed by atoms with E-state index in [-0.39, 0.29) is 6.10 Å². The lowest BCUT2D eigenvalue weighted by molar-refractivity contribution is 0.217. The lowest BCUT2D eigenvalue weighted by atomic mass is 10.1. The molecule has 0 aromatic heterocycles. The van der Waals surface area contributed by atoms with Gasteiger partial charge in [-0.25, -0.2) is 0 Å². The molecule has 0 amide bonds. The zero-order valence-electron chi connectivity index (χ0n) is 11.0. The Morgan fingerprint density at radius 2 is 1.89 bits per heavy atom. The minimum absolute atomic E-state index is 0.277. The second kappa shape index (κ2) is 6.25. The second-order valence-electron chi connectivity index (χ2n) is 4.57. The molecule has 1 unspecified atom stereocenters. The van der Waals surface area contributed by atoms with Crippen LogP contribution in [0.2, 0.25) is 0 Å². The van der Waals surface area contributed by atoms with Gasteiger partial charge in [-0.2, -0.15) is 0 Å². The van der Waals surface area contributed by atoms with Crippen molar-refractivity contribution in [3.63, 3.8) is 0 Å². The molecule has 0 aliphatic rings. The third-order valence-corrected chi connectivity index (χ3v) is 3.02. The first kappa shape index (κ1) is 12.7. The quantitative estimate of drug-likeness (QED) is 0.757. The van der Waals surface area contributed by atoms with Gasteiger partial charge in [-0.3, -0.25) is 0 Å². The molecule has 93 valence electrons. The third-order valence-electron chi connectivity index (χ3n) is 3.02. The van der Waals surface area contributed by atoms with E-state index in [0.717, 1.165) is 18.6 Å². The van der Waals surface area contributed by atoms with Gasteiger partial charge in [0, 0.05) is 0 Å². The van der Waals surface area contributed by atoms with E-state index in [4.69, 9.17) is 4.74 Å². The summed E-state index contributed by atoms with van der Waals surface area (Å²) in [7, 11) is 0. The Morgan fingerprint density at radius 3 is 2.50 bits per heavy atom. The Hall–Kier alpha value is -1.76. The van der Waals surface area contributed by atoms with Crippen LogP contribution < -0.4 is 4.74 Å². The molecule has 0 spiro atoms. The number of rotatable bonds is 5. The van der Waals surface area contributed by atoms with Gasteiger partial charge in [-0.15, -0.1) is 0 Å². The molecule has 1 atom stereocenters. The van der Waals surface area contributed by atoms with Crippen molar-refractivity contribution in [1.82, 2.24) is 0 Å². The first-order chi connectivity index (χ1) is 8.78. The van der Waals surface area contributed by atoms with Crippen molar-refractivity contribution >= 4 is 0 Å². The zero-order valence-corrected chi connectivity index (χ0v) is 11.0. The number of hydrogen-bond acceptors (Lipinski definition) is 1. The van der Waals surface area contributed by atoms with E-state index in [1.54, 1.807) is 0 Å². The van der Waals surface area contributed by atoms with E-state index in [2.05, 4.69) is 38.1 Å². The van der Waals surface area contributed by atoms with Crippen LogP contribution in [-0.2, 0) is 6.42 Å². The van der Waals surface area contributed by atoms with Crippen LogP contribution in [-0.4, -0.2) is 6.10 Å². The van der Waals surface area contributed by atoms with Crippen LogP contribution in [0, 0.1) is 6.07 Å². The fourth-order valence-electron chi connectivity index (χ4n) is 1.78. The van der Waals surface area contributed by atoms with Gasteiger partial charge < -0.3 is 4.74 Å². The highest BCUT2D eigenvalue weighted by Gasteiger charge is 2.01. The molecule has 0 bridgehead atoms. The van der Waals surface area contributed by atoms with Gasteiger partial charge in [0.1, 0.15) is 5.75 Å². The summed E-state index contributed by atoms with van der Waals surface area (Å²) < 4.78 is 5.76. The molecule has 1 nitrogen and oxygen atoms in total. The maximum atomic E-state index is 5.76. The molecule has 0 aliphatic heterocycles. The fourth-order valence-corrected chi connectivity index (χ4v) is 1.78. The maximum Gasteiger partial charge on any atom is 0.119 e. The Balaban J connectivity index is 2.00. The molecule has 2 aromatic carbocycles. The van der Waals surface area contributed by atoms with Gasteiger partial charge in [0.25, 0.3) is 0 Å². The van der Waals surface area contributed by atoms with Crippen LogP contribution in [0.15, 0.2) is 48.5 Å². The predicted octanol–water partition coefficient (Wildman–Crippen LogP) is 4.25. The van der Waals surface area contributed by atoms with Crippen molar-refractivity contribution in [2.75, 3.05) is 0 Å². The van der Waals surface area contributed by atoms with Crippen molar-refractivity contribution in [2.24, 2.45) is 0 Å². The van der Waals surface area contributed by atoms with Crippen molar-refractivity contribution in [3.8, 4) is 5.75 Å². The normalized spacial score (nSPS) is 12.1. The predicted molar refractivity (Wildman–Crippen MR) is 74.9 cm³/mol. The minimum Gasteiger partial charge on any atom is -0.491 e. The Labute approximate surface area is 109 Å². The van der Waals surface area contributed by atoms with Crippen molar-refractivity contribution in [3.05, 3.63) is 65.7 Å². The Morgan fingerprint density at radius 1 is 1.11 bits per heavy atom. The summed E-state index contributed by atoms with van der Waals surface area (Å²) in [6, 6.07) is 19.6. The Bertz CT molecular complexity index is 459. The minimum atomic E-state index is 0.277. The lowest BCUT2D eigenvalue weighted by Gasteiger charge is -2.12. The fraction of sp³-hybridized carbons (Fsp3) is 0.294. The average Bonchev–Trinajstić information content (AvgIpc) is 2.42. The molecule has 0 saturated heterocycles. The monoisotopic (exact) mass is 239 g/mol. The van der Waals surface area contributed by atoms with Crippen LogP contribution in [0.3, 0.4) is 0 Å². The number of hydrogen-bond donors (Lipinski definition) is 0. The first-order valence-corrected chi connectivity index (χ1v) is 6.48. The van der Waals surface area contributed by atoms with Gasteiger partial charge in [0.2, 0.25) is 0 Å². The van der Waals surface area contributed by atoms with Gasteiger partial charge in [-0.05, 0) is 49.1 Å². The molecule has 1 heteroatoms. The van der Waals surface area contributed by atoms with Crippen molar-refractivity contribution in [1.29, 1.82) is 0 Å². The summed E-state index contributed by atoms with van der Waals surface area (Å²) in [6.45, 7) is 4.22. The molecule has 0 saturated carbocycles. The van der Waals surface area contributed by atoms with Crippen LogP contribution in [0.25, 0.3) is 0 Å². The van der Waals surface area contributed by atoms with Gasteiger partial charge in [0.05, 0.1) is 6.10 Å². The van der Waals surface area contributed by atoms with Gasteiger partial charge >= 0.3 is 0 Å². The maximum absolute atomic E-state index is 5.76. The van der Waals surface area contributed by atoms with E-state index >= 15 is 0 Å². The lowest BCUT2D eigenvalue weighted by Crippen LogP contribution is -2.09. The van der Waals surface area contributed by atoms with Crippen LogP contribution >= 0.6 is 0 Å². The standard InChI is InChI=1S/C17H19O/c1-3-14(2)18-17-11-9-16(10-12-17)13-15-7-5-4-6-8-15/h4-5,7-12,14H,3,13H2,1-2H3. The SMILES string of the molecule is CCC(C)Oc1ccc(Cc2c[c]ccc2)cc1. The summed E-state index contributed by atoms with van der Waals surface area (Å²) in [5.41, 5.74) is 2.58. The van der Waals surface area contributed by atoms with Gasteiger partial charge in [0.15, 0.2) is 0 Å². The van der Waals surface area contributed by atoms with E-state index < -0.39 is 0 Å². The molecular weight excluding hydrogens is 220 g/mol. The molecule has 2 rings (SSSR count). The summed E-state index contributed by atoms with van der Waals surface area (Å²) in [6.07, 6.45) is 2.25. The van der Waals surface area contributed by atoms with E-state index in [0.29, 0.717) is 0 Å². The zero-order chi connectivity index (χ0) is 12.8. The highest BCUT2D eigenvalue weighted by Crippen LogP contribution is 2.16. The molecule has 1 radical (unpaired) electrons. The van der Waals surface area contributed by atoms with Crippen molar-refractivity contribution < 1.29 is 4.74 Å². The largest absolute Gasteiger partial charge is 0.491 e. The molecule has 0 heterocycles. The molecule has 0 N–H and O–H groups in total. The molecular formula is C17H19O. The average molecular weight is 239 g/mol. The molecule has 18 heavy (non-hydrogen) atoms. The molecule has 2 aromatic rings. The Kier molecular flexibility index (Phi) is 4.40. The number of ether oxygens (including phenoxy) is 1.